The highest BCUT2D eigenvalue weighted by molar-refractivity contribution is 7.91. The number of carbonyl (C=O) groups excluding carboxylic acids is 2. The molecule has 4 aromatic rings. The SMILES string of the molecule is Nc1cc(S(=O)(=O)[O-])cc2c1C(=O)C(=NNc1ccc(-c3ccc(NN=C4C(=O)c5c(N)cc(S(=O)(=O)[O-])cc5C=C4S(=O)(=O)[O-])c(O)c3)cc1O)C(S(=O)(=O)[O-])=C2. The first-order valence-electron chi connectivity index (χ1n) is 15.3. The molecule has 0 unspecified atom stereocenters. The molecule has 2 aliphatic rings. The van der Waals surface area contributed by atoms with Crippen LogP contribution in [0.1, 0.15) is 31.8 Å². The van der Waals surface area contributed by atoms with Gasteiger partial charge >= 0.3 is 0 Å². The third kappa shape index (κ3) is 7.88. The molecule has 58 heavy (non-hydrogen) atoms. The molecule has 0 radical (unpaired) electrons. The fraction of sp³-hybridized carbons (Fsp3) is 0. The summed E-state index contributed by atoms with van der Waals surface area (Å²) < 4.78 is 141. The average Bonchev–Trinajstić information content (AvgIpc) is 3.09. The fourth-order valence-corrected chi connectivity index (χ4v) is 8.05. The van der Waals surface area contributed by atoms with E-state index in [9.17, 15) is 71.7 Å². The minimum Gasteiger partial charge on any atom is -0.744 e. The van der Waals surface area contributed by atoms with Crippen molar-refractivity contribution in [2.24, 2.45) is 10.2 Å². The van der Waals surface area contributed by atoms with Gasteiger partial charge in [0.05, 0.1) is 42.1 Å². The number of ketones is 2. The van der Waals surface area contributed by atoms with E-state index in [1.165, 1.54) is 24.3 Å². The Labute approximate surface area is 326 Å². The maximum absolute atomic E-state index is 13.3. The van der Waals surface area contributed by atoms with Crippen LogP contribution in [0, 0.1) is 0 Å². The van der Waals surface area contributed by atoms with Crippen molar-refractivity contribution in [1.29, 1.82) is 0 Å². The molecule has 0 atom stereocenters. The van der Waals surface area contributed by atoms with Crippen LogP contribution in [0.2, 0.25) is 0 Å². The molecule has 0 saturated heterocycles. The van der Waals surface area contributed by atoms with Gasteiger partial charge in [0.15, 0.2) is 0 Å². The Bertz CT molecular complexity index is 2930. The summed E-state index contributed by atoms with van der Waals surface area (Å²) in [5.41, 5.74) is 11.1. The van der Waals surface area contributed by atoms with Gasteiger partial charge in [-0.1, -0.05) is 12.1 Å². The summed E-state index contributed by atoms with van der Waals surface area (Å²) in [4.78, 5) is 22.3. The van der Waals surface area contributed by atoms with E-state index in [2.05, 4.69) is 21.1 Å². The number of nitrogens with one attached hydrogen (secondary N) is 2. The van der Waals surface area contributed by atoms with E-state index in [0.29, 0.717) is 36.4 Å². The normalized spacial score (nSPS) is 16.1. The smallest absolute Gasteiger partial charge is 0.217 e. The molecule has 22 nitrogen and oxygen atoms in total. The van der Waals surface area contributed by atoms with Crippen LogP contribution in [-0.2, 0) is 40.5 Å². The molecule has 0 bridgehead atoms. The number of nitrogens with two attached hydrogens (primary N) is 2. The van der Waals surface area contributed by atoms with Crippen molar-refractivity contribution < 1.29 is 71.7 Å². The van der Waals surface area contributed by atoms with Crippen LogP contribution in [0.5, 0.6) is 11.5 Å². The number of nitrogens with zero attached hydrogens (tertiary/aromatic N) is 2. The standard InChI is InChI=1S/C32H24N6O16S4/c33-19-11-17(55(43,44)45)5-15-9-25(57(49,50)51)29(31(41)27(15)19)37-35-21-3-1-13(7-23(21)39)14-2-4-22(24(40)8-14)36-38-30-26(58(52,53)54)10-16-6-18(56(46,47)48)12-20(34)28(16)32(30)42/h1-12,35-36,39-40H,33-34H2,(H,43,44,45)(H,46,47,48)(H,49,50,51)(H,52,53,54)/p-4. The van der Waals surface area contributed by atoms with Gasteiger partial charge in [-0.25, -0.2) is 33.7 Å². The van der Waals surface area contributed by atoms with E-state index in [-0.39, 0.29) is 22.5 Å². The number of benzene rings is 4. The molecule has 4 aromatic carbocycles. The summed E-state index contributed by atoms with van der Waals surface area (Å²) in [7, 11) is -21.1. The van der Waals surface area contributed by atoms with Crippen LogP contribution in [0.25, 0.3) is 23.3 Å². The highest BCUT2D eigenvalue weighted by atomic mass is 32.2. The summed E-state index contributed by atoms with van der Waals surface area (Å²) in [5.74, 6) is -3.64. The van der Waals surface area contributed by atoms with Crippen molar-refractivity contribution in [1.82, 2.24) is 0 Å². The first-order valence-corrected chi connectivity index (χ1v) is 21.0. The molecule has 8 N–H and O–H groups in total. The number of phenolic OH excluding ortho intramolecular Hbond substituents is 2. The van der Waals surface area contributed by atoms with Crippen molar-refractivity contribution in [2.75, 3.05) is 22.3 Å². The molecule has 302 valence electrons. The number of carbonyl (C=O) groups is 2. The molecule has 0 aliphatic heterocycles. The maximum atomic E-state index is 13.3. The number of Topliss-reactive ketones (excluding diaryl/α,β-unsaturated/α-hetero) is 2. The number of hydrazone groups is 2. The fourth-order valence-electron chi connectivity index (χ4n) is 5.68. The van der Waals surface area contributed by atoms with Crippen molar-refractivity contribution in [3.8, 4) is 22.6 Å². The van der Waals surface area contributed by atoms with Crippen molar-refractivity contribution in [3.05, 3.63) is 92.7 Å². The quantitative estimate of drug-likeness (QED) is 0.0587. The Hall–Kier alpha value is -6.52. The zero-order chi connectivity index (χ0) is 42.9. The summed E-state index contributed by atoms with van der Waals surface area (Å²) in [6, 6.07) is 9.95. The number of fused-ring (bicyclic) bond motifs is 2. The van der Waals surface area contributed by atoms with Crippen molar-refractivity contribution >= 4 is 98.4 Å². The Morgan fingerprint density at radius 3 is 1.16 bits per heavy atom. The lowest BCUT2D eigenvalue weighted by atomic mass is 9.93. The van der Waals surface area contributed by atoms with Gasteiger partial charge in [0.25, 0.3) is 0 Å². The average molecular weight is 873 g/mol. The van der Waals surface area contributed by atoms with Gasteiger partial charge in [-0.15, -0.1) is 0 Å². The molecular formula is C32H20N6O16S4-4. The summed E-state index contributed by atoms with van der Waals surface area (Å²) in [5, 5.41) is 28.8. The van der Waals surface area contributed by atoms with Gasteiger partial charge in [0, 0.05) is 11.4 Å². The van der Waals surface area contributed by atoms with Gasteiger partial charge in [-0.05, 0) is 82.9 Å². The monoisotopic (exact) mass is 872 g/mol. The van der Waals surface area contributed by atoms with E-state index in [1.807, 2.05) is 0 Å². The largest absolute Gasteiger partial charge is 0.744 e. The second-order valence-electron chi connectivity index (χ2n) is 12.1. The second-order valence-corrected chi connectivity index (χ2v) is 17.5. The highest BCUT2D eigenvalue weighted by Crippen LogP contribution is 2.37. The Morgan fingerprint density at radius 1 is 0.517 bits per heavy atom. The topological polar surface area (TPSA) is 404 Å². The molecule has 0 aromatic heterocycles. The number of hydrogen-bond donors (Lipinski definition) is 6. The predicted molar refractivity (Wildman–Crippen MR) is 199 cm³/mol. The van der Waals surface area contributed by atoms with E-state index in [1.54, 1.807) is 0 Å². The lowest BCUT2D eigenvalue weighted by molar-refractivity contribution is 0.105. The van der Waals surface area contributed by atoms with Gasteiger partial charge in [0.2, 0.25) is 11.6 Å². The maximum Gasteiger partial charge on any atom is 0.217 e. The zero-order valence-electron chi connectivity index (χ0n) is 28.2. The first kappa shape index (κ1) is 41.1. The number of nitrogen functional groups attached to an aromatic ring is 2. The lowest BCUT2D eigenvalue weighted by Gasteiger charge is -2.22. The van der Waals surface area contributed by atoms with E-state index in [4.69, 9.17) is 11.5 Å². The van der Waals surface area contributed by atoms with Crippen LogP contribution >= 0.6 is 0 Å². The lowest BCUT2D eigenvalue weighted by Crippen LogP contribution is -2.28. The number of phenols is 2. The predicted octanol–water partition coefficient (Wildman–Crippen LogP) is 0.838. The molecule has 2 aliphatic carbocycles. The van der Waals surface area contributed by atoms with Crippen molar-refractivity contribution in [3.63, 3.8) is 0 Å². The summed E-state index contributed by atoms with van der Waals surface area (Å²) in [6.45, 7) is 0. The Kier molecular flexibility index (Phi) is 10.0. The Balaban J connectivity index is 1.27. The number of rotatable bonds is 9. The zero-order valence-corrected chi connectivity index (χ0v) is 31.5. The highest BCUT2D eigenvalue weighted by Gasteiger charge is 2.33. The number of aromatic hydroxyl groups is 2. The van der Waals surface area contributed by atoms with Gasteiger partial charge in [-0.3, -0.25) is 20.4 Å². The molecule has 0 heterocycles. The van der Waals surface area contributed by atoms with E-state index >= 15 is 0 Å². The van der Waals surface area contributed by atoms with E-state index in [0.717, 1.165) is 12.1 Å². The number of hydrogen-bond acceptors (Lipinski definition) is 22. The second kappa shape index (κ2) is 14.1. The molecule has 0 amide bonds. The van der Waals surface area contributed by atoms with Gasteiger partial charge in [0.1, 0.15) is 63.4 Å². The van der Waals surface area contributed by atoms with Crippen LogP contribution in [0.4, 0.5) is 22.7 Å². The first-order chi connectivity index (χ1) is 26.8. The summed E-state index contributed by atoms with van der Waals surface area (Å²) in [6.07, 6.45) is 1.21. The van der Waals surface area contributed by atoms with Crippen LogP contribution in [-0.4, -0.2) is 85.1 Å². The number of allylic oxidation sites excluding steroid dienone is 2. The molecular weight excluding hydrogens is 853 g/mol. The molecule has 0 fully saturated rings. The summed E-state index contributed by atoms with van der Waals surface area (Å²) >= 11 is 0. The minimum absolute atomic E-state index is 0.211. The number of anilines is 4. The Morgan fingerprint density at radius 2 is 0.862 bits per heavy atom. The molecule has 0 spiro atoms. The molecule has 6 rings (SSSR count). The third-order valence-electron chi connectivity index (χ3n) is 8.29. The van der Waals surface area contributed by atoms with Crippen molar-refractivity contribution in [2.45, 2.75) is 9.79 Å². The minimum atomic E-state index is -5.46. The van der Waals surface area contributed by atoms with Crippen LogP contribution < -0.4 is 22.3 Å². The molecule has 0 saturated carbocycles. The van der Waals surface area contributed by atoms with Crippen LogP contribution in [0.15, 0.2) is 90.5 Å². The van der Waals surface area contributed by atoms with Gasteiger partial charge < -0.3 is 39.9 Å². The van der Waals surface area contributed by atoms with Crippen LogP contribution in [0.3, 0.4) is 0 Å². The third-order valence-corrected chi connectivity index (χ3v) is 11.6. The van der Waals surface area contributed by atoms with Gasteiger partial charge in [-0.2, -0.15) is 10.2 Å². The molecule has 26 heteroatoms. The van der Waals surface area contributed by atoms with E-state index < -0.39 is 128 Å².